The van der Waals surface area contributed by atoms with Crippen LogP contribution in [0.4, 0.5) is 11.5 Å². The molecule has 0 atom stereocenters. The topological polar surface area (TPSA) is 83.5 Å². The number of ether oxygens (including phenoxy) is 1. The molecular formula is C27H34N6O2. The normalized spacial score (nSPS) is 15.1. The van der Waals surface area contributed by atoms with Gasteiger partial charge in [0.1, 0.15) is 12.1 Å². The van der Waals surface area contributed by atoms with Crippen molar-refractivity contribution in [3.05, 3.63) is 66.3 Å². The van der Waals surface area contributed by atoms with Crippen LogP contribution in [-0.2, 0) is 16.0 Å². The van der Waals surface area contributed by atoms with Crippen molar-refractivity contribution in [1.82, 2.24) is 24.8 Å². The fraction of sp³-hybridized carbons (Fsp3) is 0.407. The van der Waals surface area contributed by atoms with E-state index in [0.717, 1.165) is 67.9 Å². The summed E-state index contributed by atoms with van der Waals surface area (Å²) in [5.74, 6) is 0.736. The number of ketones is 1. The second-order valence-corrected chi connectivity index (χ2v) is 8.91. The number of hydrogen-bond acceptors (Lipinski definition) is 8. The van der Waals surface area contributed by atoms with Crippen molar-refractivity contribution in [3.63, 3.8) is 0 Å². The molecule has 3 aromatic rings. The number of nitrogens with one attached hydrogen (secondary N) is 1. The standard InChI is InChI=1S/C27H34N6O2/c1-3-14-35-20-33-12-10-32(11-13-33)9-5-8-24(34)16-23-17-25-26(18-28-23)29-19-30-27(25)31-22-7-4-6-21(2)15-22/h4-8,15,17-19H,3,9-14,16,20H2,1-2H3,(H,29,30,31)/b8-5+. The summed E-state index contributed by atoms with van der Waals surface area (Å²) in [5.41, 5.74) is 3.56. The first kappa shape index (κ1) is 24.9. The quantitative estimate of drug-likeness (QED) is 0.332. The maximum Gasteiger partial charge on any atom is 0.161 e. The second kappa shape index (κ2) is 12.5. The van der Waals surface area contributed by atoms with Gasteiger partial charge in [-0.25, -0.2) is 9.97 Å². The van der Waals surface area contributed by atoms with Crippen molar-refractivity contribution < 1.29 is 9.53 Å². The van der Waals surface area contributed by atoms with E-state index < -0.39 is 0 Å². The third kappa shape index (κ3) is 7.39. The Balaban J connectivity index is 1.31. The molecule has 0 spiro atoms. The van der Waals surface area contributed by atoms with E-state index in [1.54, 1.807) is 12.3 Å². The van der Waals surface area contributed by atoms with Crippen LogP contribution >= 0.6 is 0 Å². The fourth-order valence-corrected chi connectivity index (χ4v) is 4.07. The average Bonchev–Trinajstić information content (AvgIpc) is 2.86. The van der Waals surface area contributed by atoms with Gasteiger partial charge in [0.15, 0.2) is 5.78 Å². The van der Waals surface area contributed by atoms with E-state index in [1.165, 1.54) is 6.33 Å². The predicted molar refractivity (Wildman–Crippen MR) is 139 cm³/mol. The minimum absolute atomic E-state index is 0.0356. The van der Waals surface area contributed by atoms with E-state index in [0.29, 0.717) is 18.2 Å². The first-order valence-electron chi connectivity index (χ1n) is 12.3. The van der Waals surface area contributed by atoms with Gasteiger partial charge in [-0.05, 0) is 43.2 Å². The Morgan fingerprint density at radius 2 is 1.94 bits per heavy atom. The first-order valence-corrected chi connectivity index (χ1v) is 12.3. The summed E-state index contributed by atoms with van der Waals surface area (Å²) in [6.45, 7) is 10.4. The number of aryl methyl sites for hydroxylation is 1. The maximum atomic E-state index is 12.6. The van der Waals surface area contributed by atoms with Crippen LogP contribution in [0.1, 0.15) is 24.6 Å². The lowest BCUT2D eigenvalue weighted by Gasteiger charge is -2.33. The Morgan fingerprint density at radius 1 is 1.11 bits per heavy atom. The number of benzene rings is 1. The summed E-state index contributed by atoms with van der Waals surface area (Å²) in [5, 5.41) is 4.21. The highest BCUT2D eigenvalue weighted by molar-refractivity contribution is 5.93. The summed E-state index contributed by atoms with van der Waals surface area (Å²) < 4.78 is 5.63. The lowest BCUT2D eigenvalue weighted by atomic mass is 10.1. The Hall–Kier alpha value is -3.20. The van der Waals surface area contributed by atoms with E-state index >= 15 is 0 Å². The van der Waals surface area contributed by atoms with Crippen LogP contribution in [0, 0.1) is 6.92 Å². The van der Waals surface area contributed by atoms with E-state index in [4.69, 9.17) is 4.74 Å². The molecule has 0 saturated carbocycles. The smallest absolute Gasteiger partial charge is 0.161 e. The van der Waals surface area contributed by atoms with Crippen LogP contribution in [0.2, 0.25) is 0 Å². The molecule has 35 heavy (non-hydrogen) atoms. The second-order valence-electron chi connectivity index (χ2n) is 8.91. The number of hydrogen-bond donors (Lipinski definition) is 1. The maximum absolute atomic E-state index is 12.6. The molecule has 0 amide bonds. The van der Waals surface area contributed by atoms with E-state index in [-0.39, 0.29) is 12.2 Å². The molecule has 1 fully saturated rings. The van der Waals surface area contributed by atoms with Gasteiger partial charge in [0.05, 0.1) is 24.9 Å². The van der Waals surface area contributed by atoms with Gasteiger partial charge in [0.25, 0.3) is 0 Å². The number of fused-ring (bicyclic) bond motifs is 1. The molecule has 1 N–H and O–H groups in total. The zero-order valence-corrected chi connectivity index (χ0v) is 20.6. The zero-order valence-electron chi connectivity index (χ0n) is 20.6. The first-order chi connectivity index (χ1) is 17.1. The molecule has 184 valence electrons. The highest BCUT2D eigenvalue weighted by atomic mass is 16.5. The van der Waals surface area contributed by atoms with Crippen LogP contribution < -0.4 is 5.32 Å². The number of piperazine rings is 1. The van der Waals surface area contributed by atoms with Gasteiger partial charge in [-0.15, -0.1) is 0 Å². The van der Waals surface area contributed by atoms with Crippen LogP contribution in [0.3, 0.4) is 0 Å². The molecule has 0 radical (unpaired) electrons. The van der Waals surface area contributed by atoms with E-state index in [1.807, 2.05) is 37.3 Å². The van der Waals surface area contributed by atoms with Crippen LogP contribution in [-0.4, -0.2) is 76.6 Å². The van der Waals surface area contributed by atoms with Gasteiger partial charge in [0, 0.05) is 56.1 Å². The molecule has 8 nitrogen and oxygen atoms in total. The number of allylic oxidation sites excluding steroid dienone is 1. The monoisotopic (exact) mass is 474 g/mol. The SMILES string of the molecule is CCCOCN1CCN(C/C=C/C(=O)Cc2cc3c(Nc4cccc(C)c4)ncnc3cn2)CC1. The molecule has 1 aliphatic rings. The van der Waals surface area contributed by atoms with Crippen molar-refractivity contribution in [2.24, 2.45) is 0 Å². The van der Waals surface area contributed by atoms with Gasteiger partial charge < -0.3 is 10.1 Å². The largest absolute Gasteiger partial charge is 0.366 e. The number of carbonyl (C=O) groups excluding carboxylic acids is 1. The van der Waals surface area contributed by atoms with Crippen molar-refractivity contribution in [2.75, 3.05) is 51.4 Å². The Kier molecular flexibility index (Phi) is 8.89. The number of aromatic nitrogens is 3. The molecule has 0 unspecified atom stereocenters. The van der Waals surface area contributed by atoms with Gasteiger partial charge in [0.2, 0.25) is 0 Å². The molecule has 1 aromatic carbocycles. The Labute approximate surface area is 207 Å². The van der Waals surface area contributed by atoms with Crippen molar-refractivity contribution in [2.45, 2.75) is 26.7 Å². The summed E-state index contributed by atoms with van der Waals surface area (Å²) in [6, 6.07) is 10.0. The minimum Gasteiger partial charge on any atom is -0.366 e. The van der Waals surface area contributed by atoms with E-state index in [9.17, 15) is 4.79 Å². The van der Waals surface area contributed by atoms with Gasteiger partial charge in [-0.3, -0.25) is 19.6 Å². The molecule has 0 aliphatic carbocycles. The van der Waals surface area contributed by atoms with Crippen molar-refractivity contribution in [3.8, 4) is 0 Å². The van der Waals surface area contributed by atoms with Crippen molar-refractivity contribution in [1.29, 1.82) is 0 Å². The molecule has 0 bridgehead atoms. The zero-order chi connectivity index (χ0) is 24.5. The molecule has 3 heterocycles. The fourth-order valence-electron chi connectivity index (χ4n) is 4.07. The minimum atomic E-state index is 0.0356. The number of rotatable bonds is 11. The number of anilines is 2. The highest BCUT2D eigenvalue weighted by Gasteiger charge is 2.15. The molecule has 8 heteroatoms. The van der Waals surface area contributed by atoms with Gasteiger partial charge in [-0.2, -0.15) is 0 Å². The Morgan fingerprint density at radius 3 is 2.74 bits per heavy atom. The molecular weight excluding hydrogens is 440 g/mol. The summed E-state index contributed by atoms with van der Waals surface area (Å²) in [7, 11) is 0. The summed E-state index contributed by atoms with van der Waals surface area (Å²) >= 11 is 0. The van der Waals surface area contributed by atoms with E-state index in [2.05, 4.69) is 43.1 Å². The van der Waals surface area contributed by atoms with Crippen LogP contribution in [0.25, 0.3) is 10.9 Å². The third-order valence-corrected chi connectivity index (χ3v) is 5.97. The van der Waals surface area contributed by atoms with Gasteiger partial charge >= 0.3 is 0 Å². The number of pyridine rings is 1. The Bertz CT molecular complexity index is 1160. The summed E-state index contributed by atoms with van der Waals surface area (Å²) in [6.07, 6.45) is 8.15. The lowest BCUT2D eigenvalue weighted by molar-refractivity contribution is -0.114. The van der Waals surface area contributed by atoms with Gasteiger partial charge in [-0.1, -0.05) is 25.1 Å². The van der Waals surface area contributed by atoms with Crippen molar-refractivity contribution >= 4 is 28.2 Å². The lowest BCUT2D eigenvalue weighted by Crippen LogP contribution is -2.46. The summed E-state index contributed by atoms with van der Waals surface area (Å²) in [4.78, 5) is 30.5. The number of nitrogens with zero attached hydrogens (tertiary/aromatic N) is 5. The molecule has 1 saturated heterocycles. The van der Waals surface area contributed by atoms with Crippen LogP contribution in [0.15, 0.2) is 55.0 Å². The predicted octanol–water partition coefficient (Wildman–Crippen LogP) is 3.75. The molecule has 4 rings (SSSR count). The molecule has 1 aliphatic heterocycles. The molecule has 2 aromatic heterocycles. The average molecular weight is 475 g/mol. The highest BCUT2D eigenvalue weighted by Crippen LogP contribution is 2.23. The van der Waals surface area contributed by atoms with Crippen LogP contribution in [0.5, 0.6) is 0 Å². The third-order valence-electron chi connectivity index (χ3n) is 5.97. The number of carbonyl (C=O) groups is 1.